The largest absolute Gasteiger partial charge is 0.436 e. The Balaban J connectivity index is 0.932. The van der Waals surface area contributed by atoms with Crippen LogP contribution in [0.5, 0.6) is 0 Å². The summed E-state index contributed by atoms with van der Waals surface area (Å²) in [5, 5.41) is 9.93. The van der Waals surface area contributed by atoms with Gasteiger partial charge in [0, 0.05) is 39.1 Å². The van der Waals surface area contributed by atoms with Gasteiger partial charge in [0.05, 0.1) is 11.0 Å². The van der Waals surface area contributed by atoms with Gasteiger partial charge < -0.3 is 13.9 Å². The lowest BCUT2D eigenvalue weighted by Gasteiger charge is -2.25. The predicted octanol–water partition coefficient (Wildman–Crippen LogP) is 16.9. The van der Waals surface area contributed by atoms with Crippen molar-refractivity contribution in [1.82, 2.24) is 9.55 Å². The number of hydrogen-bond donors (Lipinski definition) is 0. The normalized spacial score (nSPS) is 11.7. The zero-order valence-corrected chi connectivity index (χ0v) is 35.3. The topological polar surface area (TPSA) is 34.2 Å². The van der Waals surface area contributed by atoms with E-state index in [0.717, 1.165) is 72.3 Å². The highest BCUT2D eigenvalue weighted by Gasteiger charge is 2.19. The molecule has 0 aliphatic heterocycles. The van der Waals surface area contributed by atoms with Crippen LogP contribution < -0.4 is 4.90 Å². The third-order valence-corrected chi connectivity index (χ3v) is 13.0. The second-order valence-electron chi connectivity index (χ2n) is 16.7. The molecule has 0 amide bonds. The van der Waals surface area contributed by atoms with Crippen LogP contribution in [0, 0.1) is 0 Å². The van der Waals surface area contributed by atoms with Gasteiger partial charge in [-0.05, 0) is 146 Å². The molecule has 0 aliphatic rings. The number of rotatable bonds is 7. The Hall–Kier alpha value is -8.73. The molecular weight excluding hydrogens is 791 g/mol. The molecule has 0 radical (unpaired) electrons. The van der Waals surface area contributed by atoms with Crippen LogP contribution in [0.3, 0.4) is 0 Å². The molecule has 0 unspecified atom stereocenters. The summed E-state index contributed by atoms with van der Waals surface area (Å²) >= 11 is 0. The van der Waals surface area contributed by atoms with E-state index in [1.54, 1.807) is 0 Å². The molecule has 0 fully saturated rings. The van der Waals surface area contributed by atoms with Crippen LogP contribution in [0.1, 0.15) is 0 Å². The minimum atomic E-state index is 0.616. The van der Waals surface area contributed by atoms with Crippen molar-refractivity contribution in [1.29, 1.82) is 0 Å². The van der Waals surface area contributed by atoms with Crippen molar-refractivity contribution in [2.45, 2.75) is 0 Å². The summed E-state index contributed by atoms with van der Waals surface area (Å²) < 4.78 is 8.84. The molecule has 2 aromatic heterocycles. The first-order valence-corrected chi connectivity index (χ1v) is 22.1. The summed E-state index contributed by atoms with van der Waals surface area (Å²) in [4.78, 5) is 7.30. The third kappa shape index (κ3) is 6.18. The molecule has 4 nitrogen and oxygen atoms in total. The van der Waals surface area contributed by atoms with Crippen LogP contribution in [-0.4, -0.2) is 9.55 Å². The van der Waals surface area contributed by atoms with Crippen LogP contribution in [0.15, 0.2) is 241 Å². The minimum absolute atomic E-state index is 0.616. The SMILES string of the molecule is c1ccc(-c2nc3cc4c(cc3o2)c2cc(-c3ccc(N(c5ccccc5)c5ccccc5)cc3)ccc2n4-c2ccc(-c3ccc4c5ccccc5c5ccccc5c4c3)cc2)cc1. The standard InChI is InChI=1S/C61H39N3O/c1-4-14-42(15-5-1)61-62-57-39-59-56(38-60(57)65-61)55-37-44(41-24-30-47(31-25-41)63(45-16-6-2-7-17-45)46-18-8-3-9-19-46)29-35-58(55)64(59)48-32-26-40(27-33-48)43-28-34-53-51-22-11-10-20-49(51)50-21-12-13-23-52(50)54(53)36-43/h1-39H. The Bertz CT molecular complexity index is 3840. The molecule has 2 heterocycles. The lowest BCUT2D eigenvalue weighted by Crippen LogP contribution is -2.09. The molecule has 0 N–H and O–H groups in total. The number of nitrogens with zero attached hydrogens (tertiary/aromatic N) is 3. The van der Waals surface area contributed by atoms with Gasteiger partial charge in [-0.3, -0.25) is 0 Å². The maximum atomic E-state index is 6.47. The molecule has 0 spiro atoms. The average molecular weight is 830 g/mol. The van der Waals surface area contributed by atoms with E-state index in [0.29, 0.717) is 5.89 Å². The van der Waals surface area contributed by atoms with E-state index in [1.165, 1.54) is 43.4 Å². The van der Waals surface area contributed by atoms with Crippen molar-refractivity contribution in [2.24, 2.45) is 0 Å². The maximum Gasteiger partial charge on any atom is 0.227 e. The van der Waals surface area contributed by atoms with Gasteiger partial charge in [0.15, 0.2) is 5.58 Å². The first kappa shape index (κ1) is 36.9. The second-order valence-corrected chi connectivity index (χ2v) is 16.7. The number of anilines is 3. The lowest BCUT2D eigenvalue weighted by molar-refractivity contribution is 0.620. The summed E-state index contributed by atoms with van der Waals surface area (Å²) in [5.41, 5.74) is 13.8. The monoisotopic (exact) mass is 829 g/mol. The molecule has 0 saturated heterocycles. The Morgan fingerprint density at radius 2 is 0.785 bits per heavy atom. The fourth-order valence-electron chi connectivity index (χ4n) is 9.90. The van der Waals surface area contributed by atoms with Crippen molar-refractivity contribution in [2.75, 3.05) is 4.90 Å². The molecule has 13 aromatic rings. The van der Waals surface area contributed by atoms with Gasteiger partial charge in [-0.25, -0.2) is 4.98 Å². The zero-order valence-electron chi connectivity index (χ0n) is 35.3. The van der Waals surface area contributed by atoms with E-state index in [2.05, 4.69) is 216 Å². The maximum absolute atomic E-state index is 6.47. The molecule has 0 bridgehead atoms. The van der Waals surface area contributed by atoms with E-state index in [1.807, 2.05) is 30.3 Å². The molecular formula is C61H39N3O. The van der Waals surface area contributed by atoms with Crippen molar-refractivity contribution >= 4 is 82.3 Å². The summed E-state index contributed by atoms with van der Waals surface area (Å²) in [6.45, 7) is 0. The highest BCUT2D eigenvalue weighted by Crippen LogP contribution is 2.41. The van der Waals surface area contributed by atoms with Gasteiger partial charge in [-0.15, -0.1) is 0 Å². The Morgan fingerprint density at radius 1 is 0.323 bits per heavy atom. The first-order valence-electron chi connectivity index (χ1n) is 22.1. The summed E-state index contributed by atoms with van der Waals surface area (Å²) in [6.07, 6.45) is 0. The quantitative estimate of drug-likeness (QED) is 0.150. The summed E-state index contributed by atoms with van der Waals surface area (Å²) in [7, 11) is 0. The Kier molecular flexibility index (Phi) is 8.50. The summed E-state index contributed by atoms with van der Waals surface area (Å²) in [6, 6.07) is 84.7. The van der Waals surface area contributed by atoms with Crippen LogP contribution in [0.4, 0.5) is 17.1 Å². The smallest absolute Gasteiger partial charge is 0.227 e. The molecule has 4 heteroatoms. The Morgan fingerprint density at radius 3 is 1.40 bits per heavy atom. The van der Waals surface area contributed by atoms with E-state index >= 15 is 0 Å². The van der Waals surface area contributed by atoms with Crippen LogP contribution >= 0.6 is 0 Å². The van der Waals surface area contributed by atoms with Gasteiger partial charge in [0.2, 0.25) is 5.89 Å². The van der Waals surface area contributed by atoms with Crippen molar-refractivity contribution < 1.29 is 4.42 Å². The molecule has 0 aliphatic carbocycles. The first-order chi connectivity index (χ1) is 32.2. The van der Waals surface area contributed by atoms with E-state index in [-0.39, 0.29) is 0 Å². The number of hydrogen-bond acceptors (Lipinski definition) is 3. The van der Waals surface area contributed by atoms with Gasteiger partial charge in [-0.2, -0.15) is 0 Å². The molecule has 0 atom stereocenters. The van der Waals surface area contributed by atoms with Crippen molar-refractivity contribution in [3.63, 3.8) is 0 Å². The average Bonchev–Trinajstić information content (AvgIpc) is 3.95. The third-order valence-electron chi connectivity index (χ3n) is 13.0. The lowest BCUT2D eigenvalue weighted by atomic mass is 9.92. The number of oxazole rings is 1. The van der Waals surface area contributed by atoms with Crippen LogP contribution in [0.25, 0.3) is 105 Å². The van der Waals surface area contributed by atoms with E-state index in [4.69, 9.17) is 9.40 Å². The van der Waals surface area contributed by atoms with Crippen molar-refractivity contribution in [3.05, 3.63) is 237 Å². The number of para-hydroxylation sites is 2. The Labute approximate surface area is 375 Å². The number of fused-ring (bicyclic) bond motifs is 10. The minimum Gasteiger partial charge on any atom is -0.436 e. The second kappa shape index (κ2) is 15.0. The fraction of sp³-hybridized carbons (Fsp3) is 0. The highest BCUT2D eigenvalue weighted by atomic mass is 16.3. The molecule has 0 saturated carbocycles. The molecule has 304 valence electrons. The van der Waals surface area contributed by atoms with Gasteiger partial charge in [0.1, 0.15) is 5.52 Å². The van der Waals surface area contributed by atoms with Crippen molar-refractivity contribution in [3.8, 4) is 39.4 Å². The van der Waals surface area contributed by atoms with Gasteiger partial charge in [0.25, 0.3) is 0 Å². The zero-order chi connectivity index (χ0) is 42.8. The number of benzene rings is 11. The molecule has 11 aromatic carbocycles. The van der Waals surface area contributed by atoms with Gasteiger partial charge >= 0.3 is 0 Å². The van der Waals surface area contributed by atoms with Crippen LogP contribution in [-0.2, 0) is 0 Å². The highest BCUT2D eigenvalue weighted by molar-refractivity contribution is 6.25. The fourth-order valence-corrected chi connectivity index (χ4v) is 9.90. The molecule has 13 rings (SSSR count). The van der Waals surface area contributed by atoms with E-state index in [9.17, 15) is 0 Å². The predicted molar refractivity (Wildman–Crippen MR) is 272 cm³/mol. The summed E-state index contributed by atoms with van der Waals surface area (Å²) in [5.74, 6) is 0.616. The molecule has 65 heavy (non-hydrogen) atoms. The van der Waals surface area contributed by atoms with Gasteiger partial charge in [-0.1, -0.05) is 146 Å². The van der Waals surface area contributed by atoms with Crippen LogP contribution in [0.2, 0.25) is 0 Å². The van der Waals surface area contributed by atoms with E-state index < -0.39 is 0 Å². The number of aromatic nitrogens is 2.